The Hall–Kier alpha value is -0.770. The van der Waals surface area contributed by atoms with Crippen LogP contribution in [0.5, 0.6) is 0 Å². The second kappa shape index (κ2) is 1.85. The summed E-state index contributed by atoms with van der Waals surface area (Å²) < 4.78 is 5.02. The Morgan fingerprint density at radius 1 is 1.70 bits per heavy atom. The van der Waals surface area contributed by atoms with Crippen LogP contribution in [0.25, 0.3) is 0 Å². The van der Waals surface area contributed by atoms with Crippen molar-refractivity contribution in [3.05, 3.63) is 0 Å². The minimum Gasteiger partial charge on any atom is -0.442 e. The summed E-state index contributed by atoms with van der Waals surface area (Å²) in [4.78, 5) is 12.5. The SMILES string of the molecule is CN1C(=O)O[C@@H]2CNC[C@@H]21. The van der Waals surface area contributed by atoms with Gasteiger partial charge in [0.1, 0.15) is 6.10 Å². The summed E-state index contributed by atoms with van der Waals surface area (Å²) >= 11 is 0. The molecule has 4 heteroatoms. The summed E-state index contributed by atoms with van der Waals surface area (Å²) in [5, 5.41) is 3.16. The molecule has 0 saturated carbocycles. The molecule has 56 valence electrons. The lowest BCUT2D eigenvalue weighted by Crippen LogP contribution is -2.33. The van der Waals surface area contributed by atoms with Crippen LogP contribution in [0.1, 0.15) is 0 Å². The molecule has 2 heterocycles. The summed E-state index contributed by atoms with van der Waals surface area (Å²) in [6, 6.07) is 0.271. The monoisotopic (exact) mass is 142 g/mol. The van der Waals surface area contributed by atoms with Crippen LogP contribution in [-0.4, -0.2) is 43.3 Å². The van der Waals surface area contributed by atoms with Gasteiger partial charge in [0.05, 0.1) is 6.04 Å². The van der Waals surface area contributed by atoms with Gasteiger partial charge in [-0.15, -0.1) is 0 Å². The van der Waals surface area contributed by atoms with Crippen molar-refractivity contribution in [2.75, 3.05) is 20.1 Å². The highest BCUT2D eigenvalue weighted by atomic mass is 16.6. The van der Waals surface area contributed by atoms with Gasteiger partial charge in [0.2, 0.25) is 0 Å². The Labute approximate surface area is 59.1 Å². The van der Waals surface area contributed by atoms with Crippen molar-refractivity contribution in [1.29, 1.82) is 0 Å². The Bertz CT molecular complexity index is 171. The maximum atomic E-state index is 10.9. The van der Waals surface area contributed by atoms with Crippen molar-refractivity contribution < 1.29 is 9.53 Å². The molecule has 0 aromatic heterocycles. The fourth-order valence-corrected chi connectivity index (χ4v) is 1.50. The maximum Gasteiger partial charge on any atom is 0.410 e. The number of rotatable bonds is 0. The van der Waals surface area contributed by atoms with Crippen LogP contribution in [0, 0.1) is 0 Å². The Balaban J connectivity index is 2.16. The van der Waals surface area contributed by atoms with E-state index in [0.29, 0.717) is 0 Å². The number of hydrogen-bond acceptors (Lipinski definition) is 3. The quantitative estimate of drug-likeness (QED) is 0.491. The van der Waals surface area contributed by atoms with E-state index in [4.69, 9.17) is 4.74 Å². The molecule has 10 heavy (non-hydrogen) atoms. The standard InChI is InChI=1S/C6H10N2O2/c1-8-4-2-7-3-5(4)10-6(8)9/h4-5,7H,2-3H2,1H3/t4-,5+/m0/s1. The lowest BCUT2D eigenvalue weighted by Gasteiger charge is -2.11. The summed E-state index contributed by atoms with van der Waals surface area (Å²) in [6.45, 7) is 1.67. The number of ether oxygens (including phenoxy) is 1. The summed E-state index contributed by atoms with van der Waals surface area (Å²) in [5.41, 5.74) is 0. The molecule has 0 unspecified atom stereocenters. The van der Waals surface area contributed by atoms with Gasteiger partial charge in [0.15, 0.2) is 0 Å². The number of carbonyl (C=O) groups excluding carboxylic acids is 1. The molecule has 2 saturated heterocycles. The van der Waals surface area contributed by atoms with Crippen LogP contribution in [-0.2, 0) is 4.74 Å². The third-order valence-electron chi connectivity index (χ3n) is 2.17. The highest BCUT2D eigenvalue weighted by Crippen LogP contribution is 2.19. The molecule has 0 aromatic rings. The highest BCUT2D eigenvalue weighted by molar-refractivity contribution is 5.70. The fourth-order valence-electron chi connectivity index (χ4n) is 1.50. The molecule has 2 atom stereocenters. The molecule has 2 aliphatic heterocycles. The predicted octanol–water partition coefficient (Wildman–Crippen LogP) is -0.591. The molecule has 2 aliphatic rings. The van der Waals surface area contributed by atoms with Crippen molar-refractivity contribution in [3.8, 4) is 0 Å². The molecule has 0 aromatic carbocycles. The first-order valence-electron chi connectivity index (χ1n) is 3.43. The van der Waals surface area contributed by atoms with Gasteiger partial charge in [-0.3, -0.25) is 0 Å². The summed E-state index contributed by atoms with van der Waals surface area (Å²) in [7, 11) is 1.78. The Morgan fingerprint density at radius 2 is 2.50 bits per heavy atom. The number of carbonyl (C=O) groups is 1. The molecule has 1 amide bonds. The summed E-state index contributed by atoms with van der Waals surface area (Å²) in [6.07, 6.45) is -0.0889. The van der Waals surface area contributed by atoms with E-state index in [-0.39, 0.29) is 18.2 Å². The first-order chi connectivity index (χ1) is 4.79. The summed E-state index contributed by atoms with van der Waals surface area (Å²) in [5.74, 6) is 0. The fraction of sp³-hybridized carbons (Fsp3) is 0.833. The lowest BCUT2D eigenvalue weighted by molar-refractivity contribution is 0.136. The number of fused-ring (bicyclic) bond motifs is 1. The van der Waals surface area contributed by atoms with Gasteiger partial charge in [-0.25, -0.2) is 4.79 Å². The second-order valence-corrected chi connectivity index (χ2v) is 2.76. The first kappa shape index (κ1) is 5.97. The molecule has 1 N–H and O–H groups in total. The minimum absolute atomic E-state index is 0.0949. The molecule has 0 spiro atoms. The molecule has 2 rings (SSSR count). The van der Waals surface area contributed by atoms with Crippen molar-refractivity contribution in [2.24, 2.45) is 0 Å². The van der Waals surface area contributed by atoms with Crippen molar-refractivity contribution >= 4 is 6.09 Å². The van der Waals surface area contributed by atoms with Gasteiger partial charge in [0, 0.05) is 20.1 Å². The first-order valence-corrected chi connectivity index (χ1v) is 3.43. The largest absolute Gasteiger partial charge is 0.442 e. The van der Waals surface area contributed by atoms with Gasteiger partial charge in [-0.1, -0.05) is 0 Å². The van der Waals surface area contributed by atoms with Crippen LogP contribution >= 0.6 is 0 Å². The maximum absolute atomic E-state index is 10.9. The third kappa shape index (κ3) is 0.623. The van der Waals surface area contributed by atoms with E-state index in [1.54, 1.807) is 11.9 Å². The normalized spacial score (nSPS) is 38.1. The number of likely N-dealkylation sites (N-methyl/N-ethyl adjacent to an activating group) is 1. The van der Waals surface area contributed by atoms with Gasteiger partial charge >= 0.3 is 6.09 Å². The van der Waals surface area contributed by atoms with Crippen LogP contribution in [0.15, 0.2) is 0 Å². The number of hydrogen-bond donors (Lipinski definition) is 1. The molecule has 0 radical (unpaired) electrons. The highest BCUT2D eigenvalue weighted by Gasteiger charge is 2.42. The topological polar surface area (TPSA) is 41.6 Å². The van der Waals surface area contributed by atoms with E-state index in [1.165, 1.54) is 0 Å². The van der Waals surface area contributed by atoms with E-state index in [0.717, 1.165) is 13.1 Å². The van der Waals surface area contributed by atoms with Gasteiger partial charge in [-0.2, -0.15) is 0 Å². The van der Waals surface area contributed by atoms with E-state index >= 15 is 0 Å². The number of amides is 1. The van der Waals surface area contributed by atoms with Crippen molar-refractivity contribution in [1.82, 2.24) is 10.2 Å². The zero-order valence-corrected chi connectivity index (χ0v) is 5.83. The third-order valence-corrected chi connectivity index (χ3v) is 2.17. The molecule has 2 fully saturated rings. The molecular formula is C6H10N2O2. The van der Waals surface area contributed by atoms with E-state index in [1.807, 2.05) is 0 Å². The van der Waals surface area contributed by atoms with Crippen LogP contribution in [0.4, 0.5) is 4.79 Å². The van der Waals surface area contributed by atoms with Crippen LogP contribution < -0.4 is 5.32 Å². The van der Waals surface area contributed by atoms with Crippen molar-refractivity contribution in [3.63, 3.8) is 0 Å². The average molecular weight is 142 g/mol. The van der Waals surface area contributed by atoms with Gasteiger partial charge in [-0.05, 0) is 0 Å². The zero-order chi connectivity index (χ0) is 7.14. The smallest absolute Gasteiger partial charge is 0.410 e. The van der Waals surface area contributed by atoms with Crippen molar-refractivity contribution in [2.45, 2.75) is 12.1 Å². The molecule has 0 bridgehead atoms. The van der Waals surface area contributed by atoms with E-state index in [9.17, 15) is 4.79 Å². The predicted molar refractivity (Wildman–Crippen MR) is 34.7 cm³/mol. The van der Waals surface area contributed by atoms with Crippen LogP contribution in [0.3, 0.4) is 0 Å². The second-order valence-electron chi connectivity index (χ2n) is 2.76. The molecular weight excluding hydrogens is 132 g/mol. The number of nitrogens with one attached hydrogen (secondary N) is 1. The minimum atomic E-state index is -0.184. The average Bonchev–Trinajstić information content (AvgIpc) is 2.41. The van der Waals surface area contributed by atoms with Gasteiger partial charge in [0.25, 0.3) is 0 Å². The van der Waals surface area contributed by atoms with E-state index in [2.05, 4.69) is 5.32 Å². The van der Waals surface area contributed by atoms with E-state index < -0.39 is 0 Å². The lowest BCUT2D eigenvalue weighted by atomic mass is 10.2. The molecule has 4 nitrogen and oxygen atoms in total. The van der Waals surface area contributed by atoms with Crippen LogP contribution in [0.2, 0.25) is 0 Å². The zero-order valence-electron chi connectivity index (χ0n) is 5.83. The van der Waals surface area contributed by atoms with Gasteiger partial charge < -0.3 is 15.0 Å². The Kier molecular flexibility index (Phi) is 1.11. The molecule has 0 aliphatic carbocycles. The Morgan fingerprint density at radius 3 is 3.20 bits per heavy atom. The number of nitrogens with zero attached hydrogens (tertiary/aromatic N) is 1.